The first-order valence-electron chi connectivity index (χ1n) is 12.7. The minimum absolute atomic E-state index is 0.0696. The molecule has 0 amide bonds. The number of carboxylic acid groups (broad SMARTS) is 1. The number of carbonyl (C=O) groups is 1. The van der Waals surface area contributed by atoms with Crippen LogP contribution < -0.4 is 16.2 Å². The number of benzene rings is 3. The average Bonchev–Trinajstić information content (AvgIpc) is 2.91. The third-order valence-electron chi connectivity index (χ3n) is 6.26. The van der Waals surface area contributed by atoms with Crippen LogP contribution >= 0.6 is 0 Å². The molecule has 4 aromatic rings. The summed E-state index contributed by atoms with van der Waals surface area (Å²) in [6.45, 7) is 0.630. The van der Waals surface area contributed by atoms with Crippen LogP contribution in [0.4, 0.5) is 19.1 Å². The van der Waals surface area contributed by atoms with Gasteiger partial charge in [-0.3, -0.25) is 4.79 Å². The Bertz CT molecular complexity index is 1510. The van der Waals surface area contributed by atoms with Crippen molar-refractivity contribution in [1.29, 1.82) is 0 Å². The van der Waals surface area contributed by atoms with Gasteiger partial charge in [0.25, 0.3) is 0 Å². The molecule has 5 N–H and O–H groups in total. The maximum Gasteiger partial charge on any atom is 0.429 e. The monoisotopic (exact) mass is 565 g/mol. The molecule has 2 atom stereocenters. The normalized spacial score (nSPS) is 13.1. The Labute approximate surface area is 235 Å². The van der Waals surface area contributed by atoms with Crippen LogP contribution in [0.15, 0.2) is 78.9 Å². The van der Waals surface area contributed by atoms with Gasteiger partial charge >= 0.3 is 12.1 Å². The fraction of sp³-hybridized carbons (Fsp3) is 0.233. The van der Waals surface area contributed by atoms with Crippen LogP contribution in [0, 0.1) is 0 Å². The lowest BCUT2D eigenvalue weighted by Crippen LogP contribution is -2.32. The summed E-state index contributed by atoms with van der Waals surface area (Å²) < 4.78 is 49.1. The van der Waals surface area contributed by atoms with Crippen LogP contribution in [0.1, 0.15) is 22.8 Å². The van der Waals surface area contributed by atoms with Crippen molar-refractivity contribution in [1.82, 2.24) is 14.9 Å². The zero-order chi connectivity index (χ0) is 29.7. The number of alkyl halides is 3. The van der Waals surface area contributed by atoms with E-state index in [1.54, 1.807) is 42.5 Å². The summed E-state index contributed by atoms with van der Waals surface area (Å²) in [6.07, 6.45) is -7.00. The number of nitrogens with two attached hydrogens (primary N) is 2. The highest BCUT2D eigenvalue weighted by molar-refractivity contribution is 5.73. The molecule has 2 unspecified atom stereocenters. The molecule has 4 rings (SSSR count). The number of halogens is 3. The van der Waals surface area contributed by atoms with Crippen molar-refractivity contribution >= 4 is 11.9 Å². The van der Waals surface area contributed by atoms with Gasteiger partial charge in [0.2, 0.25) is 17.9 Å². The molecular weight excluding hydrogens is 535 g/mol. The van der Waals surface area contributed by atoms with Crippen LogP contribution in [-0.4, -0.2) is 52.3 Å². The maximum absolute atomic E-state index is 14.5. The summed E-state index contributed by atoms with van der Waals surface area (Å²) in [5.74, 6) is -1.73. The molecule has 1 aromatic heterocycles. The lowest BCUT2D eigenvalue weighted by atomic mass is 9.94. The molecule has 1 heterocycles. The average molecular weight is 566 g/mol. The summed E-state index contributed by atoms with van der Waals surface area (Å²) in [7, 11) is 3.83. The van der Waals surface area contributed by atoms with Gasteiger partial charge in [0, 0.05) is 23.7 Å². The molecular formula is C30H30F3N5O3. The second-order valence-corrected chi connectivity index (χ2v) is 9.86. The Kier molecular flexibility index (Phi) is 8.89. The van der Waals surface area contributed by atoms with Crippen molar-refractivity contribution < 1.29 is 27.8 Å². The largest absolute Gasteiger partial charge is 0.480 e. The second kappa shape index (κ2) is 12.4. The third-order valence-corrected chi connectivity index (χ3v) is 6.26. The zero-order valence-electron chi connectivity index (χ0n) is 22.5. The number of rotatable bonds is 10. The molecule has 8 nitrogen and oxygen atoms in total. The standard InChI is InChI=1S/C30H30F3N5O3/c1-38(2)17-19-6-5-7-21(14-19)22-8-3-4-9-23(22)27(30(31,32)33)41-26-16-25(36-29(35)37-26)20-12-10-18(11-13-20)15-24(34)28(39)40/h3-14,16,24,27H,15,17,34H2,1-2H3,(H,39,40)(H2,35,36,37). The number of carboxylic acids is 1. The van der Waals surface area contributed by atoms with Gasteiger partial charge in [-0.25, -0.2) is 4.98 Å². The van der Waals surface area contributed by atoms with E-state index in [0.29, 0.717) is 28.8 Å². The predicted octanol–water partition coefficient (Wildman–Crippen LogP) is 5.09. The Hall–Kier alpha value is -4.48. The van der Waals surface area contributed by atoms with Crippen LogP contribution in [0.2, 0.25) is 0 Å². The molecule has 214 valence electrons. The molecule has 3 aromatic carbocycles. The third kappa shape index (κ3) is 7.59. The molecule has 0 spiro atoms. The number of nitrogen functional groups attached to an aromatic ring is 1. The van der Waals surface area contributed by atoms with Gasteiger partial charge in [-0.15, -0.1) is 0 Å². The molecule has 0 bridgehead atoms. The van der Waals surface area contributed by atoms with E-state index in [-0.39, 0.29) is 29.5 Å². The highest BCUT2D eigenvalue weighted by atomic mass is 19.4. The summed E-state index contributed by atoms with van der Waals surface area (Å²) in [5.41, 5.74) is 14.8. The number of hydrogen-bond donors (Lipinski definition) is 3. The van der Waals surface area contributed by atoms with Crippen molar-refractivity contribution in [3.05, 3.63) is 95.6 Å². The van der Waals surface area contributed by atoms with Gasteiger partial charge in [-0.1, -0.05) is 66.7 Å². The lowest BCUT2D eigenvalue weighted by Gasteiger charge is -2.24. The fourth-order valence-electron chi connectivity index (χ4n) is 4.42. The minimum Gasteiger partial charge on any atom is -0.480 e. The van der Waals surface area contributed by atoms with E-state index < -0.39 is 24.3 Å². The number of hydrogen-bond acceptors (Lipinski definition) is 7. The van der Waals surface area contributed by atoms with E-state index in [1.807, 2.05) is 37.2 Å². The Balaban J connectivity index is 1.67. The van der Waals surface area contributed by atoms with E-state index in [4.69, 9.17) is 21.3 Å². The fourth-order valence-corrected chi connectivity index (χ4v) is 4.42. The molecule has 0 saturated heterocycles. The first-order valence-corrected chi connectivity index (χ1v) is 12.7. The van der Waals surface area contributed by atoms with Gasteiger partial charge in [0.15, 0.2) is 0 Å². The van der Waals surface area contributed by atoms with Crippen LogP contribution in [0.5, 0.6) is 5.88 Å². The van der Waals surface area contributed by atoms with E-state index in [2.05, 4.69) is 9.97 Å². The summed E-state index contributed by atoms with van der Waals surface area (Å²) in [6, 6.07) is 20.4. The number of anilines is 1. The number of aromatic nitrogens is 2. The molecule has 0 saturated carbocycles. The van der Waals surface area contributed by atoms with Gasteiger partial charge < -0.3 is 26.2 Å². The summed E-state index contributed by atoms with van der Waals surface area (Å²) in [4.78, 5) is 21.1. The molecule has 0 radical (unpaired) electrons. The van der Waals surface area contributed by atoms with Crippen molar-refractivity contribution in [2.45, 2.75) is 31.3 Å². The topological polar surface area (TPSA) is 128 Å². The Morgan fingerprint density at radius 2 is 1.66 bits per heavy atom. The summed E-state index contributed by atoms with van der Waals surface area (Å²) in [5, 5.41) is 9.02. The molecule has 0 aliphatic rings. The zero-order valence-corrected chi connectivity index (χ0v) is 22.5. The van der Waals surface area contributed by atoms with Gasteiger partial charge in [0.05, 0.1) is 5.69 Å². The maximum atomic E-state index is 14.5. The van der Waals surface area contributed by atoms with E-state index in [0.717, 1.165) is 5.56 Å². The molecule has 11 heteroatoms. The van der Waals surface area contributed by atoms with Crippen molar-refractivity contribution in [2.24, 2.45) is 5.73 Å². The number of ether oxygens (including phenoxy) is 1. The lowest BCUT2D eigenvalue weighted by molar-refractivity contribution is -0.198. The molecule has 0 aliphatic heterocycles. The van der Waals surface area contributed by atoms with Gasteiger partial charge in [-0.05, 0) is 48.8 Å². The van der Waals surface area contributed by atoms with Gasteiger partial charge in [-0.2, -0.15) is 18.2 Å². The Morgan fingerprint density at radius 1 is 0.951 bits per heavy atom. The Morgan fingerprint density at radius 3 is 2.32 bits per heavy atom. The quantitative estimate of drug-likeness (QED) is 0.243. The number of aliphatic carboxylic acids is 1. The molecule has 0 aliphatic carbocycles. The van der Waals surface area contributed by atoms with Crippen molar-refractivity contribution in [3.63, 3.8) is 0 Å². The van der Waals surface area contributed by atoms with Gasteiger partial charge in [0.1, 0.15) is 6.04 Å². The molecule has 41 heavy (non-hydrogen) atoms. The van der Waals surface area contributed by atoms with Crippen LogP contribution in [0.3, 0.4) is 0 Å². The van der Waals surface area contributed by atoms with Crippen LogP contribution in [-0.2, 0) is 17.8 Å². The SMILES string of the molecule is CN(C)Cc1cccc(-c2ccccc2C(Oc2cc(-c3ccc(CC(N)C(=O)O)cc3)nc(N)n2)C(F)(F)F)c1. The van der Waals surface area contributed by atoms with Crippen LogP contribution in [0.25, 0.3) is 22.4 Å². The second-order valence-electron chi connectivity index (χ2n) is 9.86. The van der Waals surface area contributed by atoms with E-state index >= 15 is 0 Å². The van der Waals surface area contributed by atoms with E-state index in [9.17, 15) is 18.0 Å². The summed E-state index contributed by atoms with van der Waals surface area (Å²) >= 11 is 0. The first kappa shape index (κ1) is 29.5. The van der Waals surface area contributed by atoms with E-state index in [1.165, 1.54) is 18.2 Å². The van der Waals surface area contributed by atoms with Crippen molar-refractivity contribution in [2.75, 3.05) is 19.8 Å². The smallest absolute Gasteiger partial charge is 0.429 e. The predicted molar refractivity (Wildman–Crippen MR) is 150 cm³/mol. The minimum atomic E-state index is -4.78. The number of nitrogens with zero attached hydrogens (tertiary/aromatic N) is 3. The highest BCUT2D eigenvalue weighted by Gasteiger charge is 2.44. The van der Waals surface area contributed by atoms with Crippen molar-refractivity contribution in [3.8, 4) is 28.3 Å². The highest BCUT2D eigenvalue weighted by Crippen LogP contribution is 2.41. The first-order chi connectivity index (χ1) is 19.4. The molecule has 0 fully saturated rings.